The Morgan fingerprint density at radius 2 is 1.94 bits per heavy atom. The van der Waals surface area contributed by atoms with E-state index < -0.39 is 0 Å². The molecule has 174 valence electrons. The molecule has 0 bridgehead atoms. The van der Waals surface area contributed by atoms with Crippen molar-refractivity contribution in [2.24, 2.45) is 5.92 Å². The van der Waals surface area contributed by atoms with Crippen LogP contribution in [0.5, 0.6) is 5.75 Å². The topological polar surface area (TPSA) is 54.7 Å². The molecule has 1 aromatic carbocycles. The van der Waals surface area contributed by atoms with Gasteiger partial charge in [-0.2, -0.15) is 0 Å². The molecule has 0 unspecified atom stereocenters. The number of anilines is 1. The number of thiophene rings is 1. The predicted octanol–water partition coefficient (Wildman–Crippen LogP) is 6.30. The van der Waals surface area contributed by atoms with Gasteiger partial charge >= 0.3 is 0 Å². The number of fused-ring (bicyclic) bond motifs is 1. The maximum Gasteiger partial charge on any atom is 0.291 e. The van der Waals surface area contributed by atoms with E-state index in [0.717, 1.165) is 42.6 Å². The Morgan fingerprint density at radius 1 is 1.15 bits per heavy atom. The molecule has 1 aliphatic heterocycles. The molecule has 0 spiro atoms. The quantitative estimate of drug-likeness (QED) is 0.465. The predicted molar refractivity (Wildman–Crippen MR) is 132 cm³/mol. The van der Waals surface area contributed by atoms with Crippen LogP contribution in [0.4, 0.5) is 5.00 Å². The highest BCUT2D eigenvalue weighted by atomic mass is 32.1. The minimum absolute atomic E-state index is 0.0543. The van der Waals surface area contributed by atoms with Crippen molar-refractivity contribution in [1.29, 1.82) is 0 Å². The van der Waals surface area contributed by atoms with Crippen molar-refractivity contribution in [3.8, 4) is 5.75 Å². The van der Waals surface area contributed by atoms with Crippen LogP contribution in [-0.2, 0) is 12.8 Å². The molecule has 1 saturated heterocycles. The number of nitrogens with zero attached hydrogens (tertiary/aromatic N) is 1. The van der Waals surface area contributed by atoms with Gasteiger partial charge in [0.15, 0.2) is 5.76 Å². The number of hydrogen-bond donors (Lipinski definition) is 1. The van der Waals surface area contributed by atoms with Gasteiger partial charge in [-0.3, -0.25) is 9.69 Å². The summed E-state index contributed by atoms with van der Waals surface area (Å²) in [6, 6.07) is 11.9. The van der Waals surface area contributed by atoms with Gasteiger partial charge in [-0.05, 0) is 81.3 Å². The van der Waals surface area contributed by atoms with Crippen LogP contribution >= 0.6 is 11.3 Å². The number of aryl methyl sites for hydroxylation is 1. The summed E-state index contributed by atoms with van der Waals surface area (Å²) in [5, 5.41) is 4.18. The smallest absolute Gasteiger partial charge is 0.291 e. The highest BCUT2D eigenvalue weighted by molar-refractivity contribution is 7.16. The minimum atomic E-state index is -0.189. The Bertz CT molecular complexity index is 1100. The molecule has 1 fully saturated rings. The van der Waals surface area contributed by atoms with Crippen LogP contribution in [0.25, 0.3) is 0 Å². The van der Waals surface area contributed by atoms with Crippen LogP contribution in [0.2, 0.25) is 0 Å². The van der Waals surface area contributed by atoms with Crippen LogP contribution in [-0.4, -0.2) is 31.0 Å². The first-order chi connectivity index (χ1) is 16.2. The second-order valence-corrected chi connectivity index (χ2v) is 10.4. The Balaban J connectivity index is 1.63. The normalized spacial score (nSPS) is 18.0. The van der Waals surface area contributed by atoms with Gasteiger partial charge in [0.2, 0.25) is 0 Å². The van der Waals surface area contributed by atoms with Gasteiger partial charge in [0.25, 0.3) is 5.91 Å². The molecule has 2 aromatic heterocycles. The number of ether oxygens (including phenoxy) is 1. The Hall–Kier alpha value is -2.57. The standard InChI is InChI=1S/C27H32N2O3S/c1-18-13-15-29(16-14-18)25(19-8-3-5-10-21(19)31-2)24-20-9-4-6-12-23(20)33-27(24)28-26(30)22-11-7-17-32-22/h3,5,7-8,10-11,17-18,25H,4,6,9,12-16H2,1-2H3,(H,28,30)/t25-/m1/s1. The second kappa shape index (κ2) is 9.74. The summed E-state index contributed by atoms with van der Waals surface area (Å²) < 4.78 is 11.2. The fourth-order valence-electron chi connectivity index (χ4n) is 5.26. The molecule has 1 aliphatic carbocycles. The molecule has 5 rings (SSSR count). The number of amides is 1. The van der Waals surface area contributed by atoms with Gasteiger partial charge in [-0.15, -0.1) is 11.3 Å². The molecule has 3 aromatic rings. The largest absolute Gasteiger partial charge is 0.496 e. The van der Waals surface area contributed by atoms with E-state index in [1.54, 1.807) is 36.8 Å². The maximum atomic E-state index is 13.0. The lowest BCUT2D eigenvalue weighted by Gasteiger charge is -2.38. The van der Waals surface area contributed by atoms with Gasteiger partial charge in [0.05, 0.1) is 19.4 Å². The molecule has 2 aliphatic rings. The van der Waals surface area contributed by atoms with E-state index in [2.05, 4.69) is 35.3 Å². The van der Waals surface area contributed by atoms with E-state index >= 15 is 0 Å². The summed E-state index contributed by atoms with van der Waals surface area (Å²) in [6.07, 6.45) is 8.46. The number of carbonyl (C=O) groups is 1. The number of likely N-dealkylation sites (tertiary alicyclic amines) is 1. The van der Waals surface area contributed by atoms with Gasteiger partial charge in [-0.25, -0.2) is 0 Å². The molecule has 3 heterocycles. The first-order valence-corrected chi connectivity index (χ1v) is 12.8. The van der Waals surface area contributed by atoms with E-state index in [9.17, 15) is 4.79 Å². The second-order valence-electron chi connectivity index (χ2n) is 9.25. The molecule has 1 amide bonds. The Morgan fingerprint density at radius 3 is 2.70 bits per heavy atom. The summed E-state index contributed by atoms with van der Waals surface area (Å²) in [5.74, 6) is 1.80. The third-order valence-electron chi connectivity index (χ3n) is 7.07. The van der Waals surface area contributed by atoms with E-state index in [4.69, 9.17) is 9.15 Å². The lowest BCUT2D eigenvalue weighted by atomic mass is 9.87. The first-order valence-electron chi connectivity index (χ1n) is 12.0. The zero-order chi connectivity index (χ0) is 22.8. The number of nitrogens with one attached hydrogen (secondary N) is 1. The van der Waals surface area contributed by atoms with Crippen LogP contribution in [0.15, 0.2) is 47.1 Å². The summed E-state index contributed by atoms with van der Waals surface area (Å²) >= 11 is 1.75. The maximum absolute atomic E-state index is 13.0. The van der Waals surface area contributed by atoms with Crippen LogP contribution in [0.1, 0.15) is 70.8 Å². The molecule has 1 atom stereocenters. The van der Waals surface area contributed by atoms with Crippen molar-refractivity contribution in [2.45, 2.75) is 51.5 Å². The van der Waals surface area contributed by atoms with E-state index in [1.165, 1.54) is 47.3 Å². The Kier molecular flexibility index (Phi) is 6.56. The number of furan rings is 1. The fourth-order valence-corrected chi connectivity index (χ4v) is 6.58. The zero-order valence-corrected chi connectivity index (χ0v) is 20.2. The van der Waals surface area contributed by atoms with Crippen molar-refractivity contribution in [2.75, 3.05) is 25.5 Å². The lowest BCUT2D eigenvalue weighted by molar-refractivity contribution is 0.0996. The van der Waals surface area contributed by atoms with Crippen LogP contribution < -0.4 is 10.1 Å². The third-order valence-corrected chi connectivity index (χ3v) is 8.30. The molecule has 33 heavy (non-hydrogen) atoms. The van der Waals surface area contributed by atoms with Crippen LogP contribution in [0.3, 0.4) is 0 Å². The molecule has 6 heteroatoms. The molecule has 0 saturated carbocycles. The van der Waals surface area contributed by atoms with Crippen molar-refractivity contribution in [1.82, 2.24) is 4.90 Å². The average molecular weight is 465 g/mol. The Labute approximate surface area is 199 Å². The number of carbonyl (C=O) groups excluding carboxylic acids is 1. The fraction of sp³-hybridized carbons (Fsp3) is 0.444. The van der Waals surface area contributed by atoms with E-state index in [0.29, 0.717) is 5.76 Å². The van der Waals surface area contributed by atoms with E-state index in [1.807, 2.05) is 6.07 Å². The SMILES string of the molecule is COc1ccccc1[C@H](c1c(NC(=O)c2ccco2)sc2c1CCCC2)N1CCC(C)CC1. The van der Waals surface area contributed by atoms with Gasteiger partial charge in [-0.1, -0.05) is 25.1 Å². The minimum Gasteiger partial charge on any atom is -0.496 e. The van der Waals surface area contributed by atoms with E-state index in [-0.39, 0.29) is 11.9 Å². The third kappa shape index (κ3) is 4.46. The van der Waals surface area contributed by atoms with Crippen molar-refractivity contribution >= 4 is 22.2 Å². The van der Waals surface area contributed by atoms with Crippen molar-refractivity contribution in [3.63, 3.8) is 0 Å². The monoisotopic (exact) mass is 464 g/mol. The number of benzene rings is 1. The zero-order valence-electron chi connectivity index (χ0n) is 19.4. The number of para-hydroxylation sites is 1. The number of methoxy groups -OCH3 is 1. The van der Waals surface area contributed by atoms with Gasteiger partial charge < -0.3 is 14.5 Å². The van der Waals surface area contributed by atoms with Gasteiger partial charge in [0, 0.05) is 16.0 Å². The van der Waals surface area contributed by atoms with Crippen LogP contribution in [0, 0.1) is 5.92 Å². The number of hydrogen-bond acceptors (Lipinski definition) is 5. The first kappa shape index (κ1) is 22.2. The number of piperidine rings is 1. The molecule has 1 N–H and O–H groups in total. The highest BCUT2D eigenvalue weighted by Gasteiger charge is 2.35. The van der Waals surface area contributed by atoms with Crippen molar-refractivity contribution < 1.29 is 13.9 Å². The highest BCUT2D eigenvalue weighted by Crippen LogP contribution is 2.47. The number of rotatable bonds is 6. The van der Waals surface area contributed by atoms with Gasteiger partial charge in [0.1, 0.15) is 10.8 Å². The summed E-state index contributed by atoms with van der Waals surface area (Å²) in [6.45, 7) is 4.43. The molecule has 5 nitrogen and oxygen atoms in total. The molecular formula is C27H32N2O3S. The summed E-state index contributed by atoms with van der Waals surface area (Å²) in [4.78, 5) is 17.0. The molecule has 0 radical (unpaired) electrons. The average Bonchev–Trinajstić information content (AvgIpc) is 3.50. The molecular weight excluding hydrogens is 432 g/mol. The lowest BCUT2D eigenvalue weighted by Crippen LogP contribution is -2.37. The summed E-state index contributed by atoms with van der Waals surface area (Å²) in [5.41, 5.74) is 3.86. The van der Waals surface area contributed by atoms with Crippen molar-refractivity contribution in [3.05, 3.63) is 70.0 Å². The summed E-state index contributed by atoms with van der Waals surface area (Å²) in [7, 11) is 1.75.